The smallest absolute Gasteiger partial charge is 0.274 e. The molecule has 0 saturated carbocycles. The van der Waals surface area contributed by atoms with E-state index in [1.54, 1.807) is 25.3 Å². The number of benzene rings is 3. The number of methoxy groups -OCH3 is 1. The van der Waals surface area contributed by atoms with E-state index in [0.717, 1.165) is 16.9 Å². The second-order valence-corrected chi connectivity index (χ2v) is 7.97. The molecule has 0 atom stereocenters. The fraction of sp³-hybridized carbons (Fsp3) is 0.0400. The molecule has 152 valence electrons. The molecular formula is C25H17FN2O2S. The van der Waals surface area contributed by atoms with Crippen molar-refractivity contribution in [2.45, 2.75) is 0 Å². The second-order valence-electron chi connectivity index (χ2n) is 6.96. The summed E-state index contributed by atoms with van der Waals surface area (Å²) >= 11 is 1.29. The van der Waals surface area contributed by atoms with Gasteiger partial charge in [-0.05, 0) is 35.9 Å². The molecular weight excluding hydrogens is 411 g/mol. The van der Waals surface area contributed by atoms with Crippen LogP contribution in [0.5, 0.6) is 5.75 Å². The van der Waals surface area contributed by atoms with Crippen LogP contribution < -0.4 is 14.8 Å². The van der Waals surface area contributed by atoms with Crippen LogP contribution >= 0.6 is 11.3 Å². The summed E-state index contributed by atoms with van der Waals surface area (Å²) < 4.78 is 22.0. The Hall–Kier alpha value is -3.77. The summed E-state index contributed by atoms with van der Waals surface area (Å²) in [6.45, 7) is 0. The van der Waals surface area contributed by atoms with Crippen molar-refractivity contribution < 1.29 is 9.13 Å². The van der Waals surface area contributed by atoms with E-state index in [2.05, 4.69) is 0 Å². The molecule has 0 N–H and O–H groups in total. The Morgan fingerprint density at radius 1 is 0.968 bits per heavy atom. The predicted molar refractivity (Wildman–Crippen MR) is 122 cm³/mol. The molecule has 0 aliphatic carbocycles. The molecule has 5 aromatic rings. The molecule has 0 saturated heterocycles. The number of ether oxygens (including phenoxy) is 1. The monoisotopic (exact) mass is 428 g/mol. The number of halogens is 1. The molecule has 0 unspecified atom stereocenters. The maximum absolute atomic E-state index is 14.8. The Morgan fingerprint density at radius 2 is 1.68 bits per heavy atom. The highest BCUT2D eigenvalue weighted by Gasteiger charge is 2.22. The van der Waals surface area contributed by atoms with Crippen molar-refractivity contribution in [3.8, 4) is 28.3 Å². The van der Waals surface area contributed by atoms with Gasteiger partial charge in [0.25, 0.3) is 5.56 Å². The number of imidazole rings is 1. The molecule has 3 aromatic carbocycles. The van der Waals surface area contributed by atoms with Crippen LogP contribution in [0.3, 0.4) is 0 Å². The van der Waals surface area contributed by atoms with E-state index in [1.165, 1.54) is 21.8 Å². The van der Waals surface area contributed by atoms with Crippen molar-refractivity contribution in [3.05, 3.63) is 105 Å². The fourth-order valence-electron chi connectivity index (χ4n) is 3.55. The van der Waals surface area contributed by atoms with Gasteiger partial charge in [0.1, 0.15) is 11.6 Å². The van der Waals surface area contributed by atoms with Crippen LogP contribution in [-0.4, -0.2) is 16.5 Å². The van der Waals surface area contributed by atoms with Gasteiger partial charge >= 0.3 is 0 Å². The maximum Gasteiger partial charge on any atom is 0.274 e. The minimum absolute atomic E-state index is 0.219. The molecule has 6 heteroatoms. The van der Waals surface area contributed by atoms with Crippen molar-refractivity contribution in [1.29, 1.82) is 0 Å². The fourth-order valence-corrected chi connectivity index (χ4v) is 4.52. The lowest BCUT2D eigenvalue weighted by Crippen LogP contribution is -2.23. The Kier molecular flexibility index (Phi) is 4.84. The maximum atomic E-state index is 14.8. The Labute approximate surface area is 181 Å². The first-order chi connectivity index (χ1) is 15.2. The largest absolute Gasteiger partial charge is 0.497 e. The quantitative estimate of drug-likeness (QED) is 0.414. The average molecular weight is 428 g/mol. The van der Waals surface area contributed by atoms with Crippen molar-refractivity contribution in [1.82, 2.24) is 9.38 Å². The summed E-state index contributed by atoms with van der Waals surface area (Å²) in [5.41, 5.74) is 2.89. The Bertz CT molecular complexity index is 1490. The van der Waals surface area contributed by atoms with Gasteiger partial charge in [-0.1, -0.05) is 65.9 Å². The summed E-state index contributed by atoms with van der Waals surface area (Å²) in [7, 11) is 1.61. The highest BCUT2D eigenvalue weighted by molar-refractivity contribution is 7.15. The SMILES string of the molecule is COc1ccc(/C=c2\sc3nc(-c4ccccc4)c(-c4ccccc4F)n3c2=O)cc1. The number of thiazole rings is 1. The van der Waals surface area contributed by atoms with Crippen LogP contribution in [0, 0.1) is 5.82 Å². The number of fused-ring (bicyclic) bond motifs is 1. The molecule has 0 aliphatic rings. The molecule has 2 aromatic heterocycles. The van der Waals surface area contributed by atoms with Gasteiger partial charge < -0.3 is 4.74 Å². The minimum atomic E-state index is -0.396. The highest BCUT2D eigenvalue weighted by atomic mass is 32.1. The van der Waals surface area contributed by atoms with E-state index < -0.39 is 5.82 Å². The molecule has 4 nitrogen and oxygen atoms in total. The number of hydrogen-bond donors (Lipinski definition) is 0. The van der Waals surface area contributed by atoms with Crippen LogP contribution in [0.4, 0.5) is 4.39 Å². The molecule has 0 spiro atoms. The zero-order chi connectivity index (χ0) is 21.4. The van der Waals surface area contributed by atoms with Crippen molar-refractivity contribution in [2.75, 3.05) is 7.11 Å². The standard InChI is InChI=1S/C25H17FN2O2S/c1-30-18-13-11-16(12-14-18)15-21-24(29)28-23(19-9-5-6-10-20(19)26)22(27-25(28)31-21)17-7-3-2-4-8-17/h2-15H,1H3/b21-15-. The Morgan fingerprint density at radius 3 is 2.39 bits per heavy atom. The van der Waals surface area contributed by atoms with E-state index in [0.29, 0.717) is 26.4 Å². The molecule has 0 amide bonds. The highest BCUT2D eigenvalue weighted by Crippen LogP contribution is 2.33. The van der Waals surface area contributed by atoms with Crippen molar-refractivity contribution in [2.24, 2.45) is 0 Å². The zero-order valence-corrected chi connectivity index (χ0v) is 17.4. The van der Waals surface area contributed by atoms with Crippen LogP contribution in [0.25, 0.3) is 33.6 Å². The van der Waals surface area contributed by atoms with Gasteiger partial charge in [0.05, 0.1) is 23.0 Å². The Balaban J connectivity index is 1.78. The topological polar surface area (TPSA) is 43.6 Å². The number of nitrogens with zero attached hydrogens (tertiary/aromatic N) is 2. The third-order valence-corrected chi connectivity index (χ3v) is 6.02. The van der Waals surface area contributed by atoms with Gasteiger partial charge in [0.15, 0.2) is 4.96 Å². The number of hydrogen-bond acceptors (Lipinski definition) is 4. The lowest BCUT2D eigenvalue weighted by Gasteiger charge is -2.05. The molecule has 5 rings (SSSR count). The lowest BCUT2D eigenvalue weighted by atomic mass is 10.0. The van der Waals surface area contributed by atoms with Gasteiger partial charge in [0, 0.05) is 11.1 Å². The number of rotatable bonds is 4. The summed E-state index contributed by atoms with van der Waals surface area (Å²) in [4.78, 5) is 18.6. The van der Waals surface area contributed by atoms with E-state index in [-0.39, 0.29) is 5.56 Å². The van der Waals surface area contributed by atoms with Crippen LogP contribution in [-0.2, 0) is 0 Å². The first-order valence-electron chi connectivity index (χ1n) is 9.67. The van der Waals surface area contributed by atoms with Gasteiger partial charge in [-0.25, -0.2) is 13.8 Å². The summed E-state index contributed by atoms with van der Waals surface area (Å²) in [6, 6.07) is 23.4. The summed E-state index contributed by atoms with van der Waals surface area (Å²) in [5.74, 6) is 0.350. The van der Waals surface area contributed by atoms with E-state index in [4.69, 9.17) is 9.72 Å². The molecule has 0 bridgehead atoms. The van der Waals surface area contributed by atoms with Gasteiger partial charge in [0.2, 0.25) is 0 Å². The number of aromatic nitrogens is 2. The third kappa shape index (κ3) is 3.41. The molecule has 0 fully saturated rings. The second kappa shape index (κ2) is 7.81. The van der Waals surface area contributed by atoms with Crippen LogP contribution in [0.2, 0.25) is 0 Å². The van der Waals surface area contributed by atoms with E-state index >= 15 is 0 Å². The first-order valence-corrected chi connectivity index (χ1v) is 10.5. The van der Waals surface area contributed by atoms with E-state index in [1.807, 2.05) is 60.7 Å². The first kappa shape index (κ1) is 19.2. The van der Waals surface area contributed by atoms with Crippen molar-refractivity contribution in [3.63, 3.8) is 0 Å². The van der Waals surface area contributed by atoms with Crippen molar-refractivity contribution >= 4 is 22.4 Å². The normalized spacial score (nSPS) is 11.9. The summed E-state index contributed by atoms with van der Waals surface area (Å²) in [6.07, 6.45) is 1.81. The molecule has 2 heterocycles. The molecule has 31 heavy (non-hydrogen) atoms. The lowest BCUT2D eigenvalue weighted by molar-refractivity contribution is 0.415. The summed E-state index contributed by atoms with van der Waals surface area (Å²) in [5, 5.41) is 0. The predicted octanol–water partition coefficient (Wildman–Crippen LogP) is 4.79. The molecule has 0 radical (unpaired) electrons. The minimum Gasteiger partial charge on any atom is -0.497 e. The van der Waals surface area contributed by atoms with Gasteiger partial charge in [-0.2, -0.15) is 0 Å². The third-order valence-electron chi connectivity index (χ3n) is 5.05. The van der Waals surface area contributed by atoms with Gasteiger partial charge in [-0.15, -0.1) is 0 Å². The van der Waals surface area contributed by atoms with Crippen LogP contribution in [0.15, 0.2) is 83.7 Å². The molecule has 0 aliphatic heterocycles. The van der Waals surface area contributed by atoms with Crippen LogP contribution in [0.1, 0.15) is 5.56 Å². The van der Waals surface area contributed by atoms with Gasteiger partial charge in [-0.3, -0.25) is 4.79 Å². The average Bonchev–Trinajstić information content (AvgIpc) is 3.32. The van der Waals surface area contributed by atoms with E-state index in [9.17, 15) is 9.18 Å². The zero-order valence-electron chi connectivity index (χ0n) is 16.6.